The molecule has 0 amide bonds. The molecule has 0 fully saturated rings. The first-order valence-electron chi connectivity index (χ1n) is 9.57. The largest absolute Gasteiger partial charge is 0.493 e. The zero-order valence-corrected chi connectivity index (χ0v) is 15.5. The van der Waals surface area contributed by atoms with Gasteiger partial charge in [-0.2, -0.15) is 10.2 Å². The maximum absolute atomic E-state index is 6.05. The quantitative estimate of drug-likeness (QED) is 0.438. The van der Waals surface area contributed by atoms with Crippen molar-refractivity contribution >= 4 is 11.0 Å². The van der Waals surface area contributed by atoms with Gasteiger partial charge in [-0.3, -0.25) is 10.2 Å². The Kier molecular flexibility index (Phi) is 3.52. The molecule has 3 aromatic heterocycles. The van der Waals surface area contributed by atoms with Gasteiger partial charge in [0.15, 0.2) is 0 Å². The van der Waals surface area contributed by atoms with Crippen molar-refractivity contribution in [1.29, 1.82) is 0 Å². The Hall–Kier alpha value is -3.87. The summed E-state index contributed by atoms with van der Waals surface area (Å²) in [7, 11) is 0. The van der Waals surface area contributed by atoms with Crippen molar-refractivity contribution in [2.45, 2.75) is 12.3 Å². The fraction of sp³-hybridized carbons (Fsp3) is 0.136. The summed E-state index contributed by atoms with van der Waals surface area (Å²) in [5.41, 5.74) is 7.56. The monoisotopic (exact) mass is 382 g/mol. The van der Waals surface area contributed by atoms with Crippen molar-refractivity contribution in [2.24, 2.45) is 0 Å². The highest BCUT2D eigenvalue weighted by Gasteiger charge is 2.24. The standard InChI is InChI=1S/C22H18N6O/c1-3-19-20(7-14(1)18-10-25-26-11-18)28-22(27-19)16-6-15-5-13(17-8-23-24-9-17)2-4-21(15)29-12-16/h1-5,7-11,16H,6,12H2,(H,23,24)(H,25,26)(H,27,28). The molecule has 2 aromatic carbocycles. The molecule has 1 aliphatic heterocycles. The lowest BCUT2D eigenvalue weighted by Gasteiger charge is -2.24. The van der Waals surface area contributed by atoms with Crippen molar-refractivity contribution in [3.8, 4) is 28.0 Å². The summed E-state index contributed by atoms with van der Waals surface area (Å²) in [5.74, 6) is 2.10. The van der Waals surface area contributed by atoms with Gasteiger partial charge in [0, 0.05) is 23.5 Å². The van der Waals surface area contributed by atoms with Crippen LogP contribution >= 0.6 is 0 Å². The van der Waals surface area contributed by atoms with Crippen LogP contribution in [0.3, 0.4) is 0 Å². The van der Waals surface area contributed by atoms with Gasteiger partial charge in [0.25, 0.3) is 0 Å². The molecule has 7 nitrogen and oxygen atoms in total. The van der Waals surface area contributed by atoms with Gasteiger partial charge in [-0.05, 0) is 47.4 Å². The third-order valence-electron chi connectivity index (χ3n) is 5.52. The molecule has 142 valence electrons. The Morgan fingerprint density at radius 3 is 2.38 bits per heavy atom. The summed E-state index contributed by atoms with van der Waals surface area (Å²) < 4.78 is 6.05. The number of hydrogen-bond donors (Lipinski definition) is 3. The van der Waals surface area contributed by atoms with E-state index in [0.717, 1.165) is 51.3 Å². The highest BCUT2D eigenvalue weighted by atomic mass is 16.5. The zero-order chi connectivity index (χ0) is 19.2. The number of fused-ring (bicyclic) bond motifs is 2. The summed E-state index contributed by atoms with van der Waals surface area (Å²) in [6.45, 7) is 0.618. The van der Waals surface area contributed by atoms with Gasteiger partial charge in [-0.15, -0.1) is 0 Å². The minimum Gasteiger partial charge on any atom is -0.493 e. The fourth-order valence-electron chi connectivity index (χ4n) is 3.97. The van der Waals surface area contributed by atoms with E-state index in [1.807, 2.05) is 36.9 Å². The van der Waals surface area contributed by atoms with Crippen LogP contribution in [-0.4, -0.2) is 37.0 Å². The van der Waals surface area contributed by atoms with Crippen LogP contribution in [0.4, 0.5) is 0 Å². The van der Waals surface area contributed by atoms with E-state index in [1.165, 1.54) is 5.56 Å². The fourth-order valence-corrected chi connectivity index (χ4v) is 3.97. The third-order valence-corrected chi connectivity index (χ3v) is 5.52. The van der Waals surface area contributed by atoms with E-state index in [4.69, 9.17) is 9.72 Å². The second-order valence-corrected chi connectivity index (χ2v) is 7.36. The van der Waals surface area contributed by atoms with E-state index in [1.54, 1.807) is 0 Å². The Morgan fingerprint density at radius 1 is 0.862 bits per heavy atom. The predicted molar refractivity (Wildman–Crippen MR) is 110 cm³/mol. The average Bonchev–Trinajstić information content (AvgIpc) is 3.53. The molecule has 29 heavy (non-hydrogen) atoms. The first-order valence-corrected chi connectivity index (χ1v) is 9.57. The van der Waals surface area contributed by atoms with Gasteiger partial charge < -0.3 is 9.72 Å². The smallest absolute Gasteiger partial charge is 0.122 e. The lowest BCUT2D eigenvalue weighted by molar-refractivity contribution is 0.258. The Bertz CT molecular complexity index is 1290. The van der Waals surface area contributed by atoms with Crippen LogP contribution in [0, 0.1) is 0 Å². The van der Waals surface area contributed by atoms with Crippen molar-refractivity contribution < 1.29 is 4.74 Å². The second kappa shape index (κ2) is 6.34. The Labute approximate surface area is 166 Å². The summed E-state index contributed by atoms with van der Waals surface area (Å²) in [6, 6.07) is 12.5. The normalized spacial score (nSPS) is 15.9. The molecule has 0 saturated heterocycles. The van der Waals surface area contributed by atoms with Gasteiger partial charge >= 0.3 is 0 Å². The van der Waals surface area contributed by atoms with Crippen LogP contribution in [0.15, 0.2) is 61.2 Å². The number of imidazole rings is 1. The van der Waals surface area contributed by atoms with Gasteiger partial charge in [0.05, 0.1) is 36.0 Å². The topological polar surface area (TPSA) is 95.3 Å². The molecule has 0 radical (unpaired) electrons. The number of aromatic amines is 3. The molecule has 0 saturated carbocycles. The number of rotatable bonds is 3. The number of nitrogens with zero attached hydrogens (tertiary/aromatic N) is 3. The molecule has 1 aliphatic rings. The number of ether oxygens (including phenoxy) is 1. The summed E-state index contributed by atoms with van der Waals surface area (Å²) in [4.78, 5) is 8.33. The summed E-state index contributed by atoms with van der Waals surface area (Å²) >= 11 is 0. The molecular formula is C22H18N6O. The minimum atomic E-state index is 0.187. The van der Waals surface area contributed by atoms with E-state index in [2.05, 4.69) is 49.6 Å². The van der Waals surface area contributed by atoms with E-state index < -0.39 is 0 Å². The summed E-state index contributed by atoms with van der Waals surface area (Å²) in [5, 5.41) is 13.8. The van der Waals surface area contributed by atoms with Crippen LogP contribution in [0.1, 0.15) is 17.3 Å². The van der Waals surface area contributed by atoms with Crippen LogP contribution in [0.2, 0.25) is 0 Å². The molecule has 6 rings (SSSR count). The molecule has 0 aliphatic carbocycles. The number of nitrogens with one attached hydrogen (secondary N) is 3. The molecule has 1 atom stereocenters. The van der Waals surface area contributed by atoms with Crippen molar-refractivity contribution in [3.05, 3.63) is 72.6 Å². The first kappa shape index (κ1) is 16.1. The van der Waals surface area contributed by atoms with Crippen molar-refractivity contribution in [3.63, 3.8) is 0 Å². The van der Waals surface area contributed by atoms with Crippen molar-refractivity contribution in [2.75, 3.05) is 6.61 Å². The molecule has 7 heteroatoms. The molecule has 3 N–H and O–H groups in total. The van der Waals surface area contributed by atoms with E-state index in [0.29, 0.717) is 6.61 Å². The van der Waals surface area contributed by atoms with Gasteiger partial charge in [0.1, 0.15) is 11.6 Å². The van der Waals surface area contributed by atoms with Crippen LogP contribution in [-0.2, 0) is 6.42 Å². The molecule has 1 unspecified atom stereocenters. The highest BCUT2D eigenvalue weighted by Crippen LogP contribution is 2.35. The Morgan fingerprint density at radius 2 is 1.62 bits per heavy atom. The molecule has 4 heterocycles. The van der Waals surface area contributed by atoms with E-state index in [-0.39, 0.29) is 5.92 Å². The lowest BCUT2D eigenvalue weighted by atomic mass is 9.94. The Balaban J connectivity index is 1.32. The zero-order valence-electron chi connectivity index (χ0n) is 15.5. The average molecular weight is 382 g/mol. The second-order valence-electron chi connectivity index (χ2n) is 7.36. The maximum Gasteiger partial charge on any atom is 0.122 e. The van der Waals surface area contributed by atoms with Crippen LogP contribution < -0.4 is 4.74 Å². The third kappa shape index (κ3) is 2.79. The van der Waals surface area contributed by atoms with E-state index >= 15 is 0 Å². The number of aromatic nitrogens is 6. The SMILES string of the molecule is c1cc2c(cc1-c1cn[nH]c1)CC(c1nc3ccc(-c4cn[nH]c4)cc3[nH]1)CO2. The molecule has 5 aromatic rings. The first-order chi connectivity index (χ1) is 14.3. The minimum absolute atomic E-state index is 0.187. The molecule has 0 bridgehead atoms. The maximum atomic E-state index is 6.05. The predicted octanol–water partition coefficient (Wildman–Crippen LogP) is 4.06. The van der Waals surface area contributed by atoms with Gasteiger partial charge in [-0.1, -0.05) is 12.1 Å². The highest BCUT2D eigenvalue weighted by molar-refractivity contribution is 5.81. The van der Waals surface area contributed by atoms with E-state index in [9.17, 15) is 0 Å². The van der Waals surface area contributed by atoms with Gasteiger partial charge in [-0.25, -0.2) is 4.98 Å². The van der Waals surface area contributed by atoms with Crippen LogP contribution in [0.5, 0.6) is 5.75 Å². The summed E-state index contributed by atoms with van der Waals surface area (Å²) in [6.07, 6.45) is 8.33. The number of H-pyrrole nitrogens is 3. The number of hydrogen-bond acceptors (Lipinski definition) is 4. The lowest BCUT2D eigenvalue weighted by Crippen LogP contribution is -2.20. The van der Waals surface area contributed by atoms with Crippen LogP contribution in [0.25, 0.3) is 33.3 Å². The van der Waals surface area contributed by atoms with Gasteiger partial charge in [0.2, 0.25) is 0 Å². The van der Waals surface area contributed by atoms with Crippen molar-refractivity contribution in [1.82, 2.24) is 30.4 Å². The molecule has 0 spiro atoms. The molecular weight excluding hydrogens is 364 g/mol. The number of benzene rings is 2.